The molecule has 4 nitrogen and oxygen atoms in total. The Balaban J connectivity index is 2.89. The molecule has 0 fully saturated rings. The van der Waals surface area contributed by atoms with E-state index in [9.17, 15) is 9.59 Å². The largest absolute Gasteiger partial charge is 0.347 e. The summed E-state index contributed by atoms with van der Waals surface area (Å²) >= 11 is 5.51. The first kappa shape index (κ1) is 15.5. The van der Waals surface area contributed by atoms with Gasteiger partial charge < -0.3 is 10.6 Å². The number of rotatable bonds is 4. The van der Waals surface area contributed by atoms with Crippen LogP contribution in [0.3, 0.4) is 0 Å². The zero-order chi connectivity index (χ0) is 14.5. The second kappa shape index (κ2) is 6.57. The van der Waals surface area contributed by atoms with Gasteiger partial charge in [-0.15, -0.1) is 11.6 Å². The molecule has 1 aromatic rings. The Kier molecular flexibility index (Phi) is 5.36. The first-order valence-electron chi connectivity index (χ1n) is 6.11. The highest BCUT2D eigenvalue weighted by atomic mass is 35.5. The van der Waals surface area contributed by atoms with Crippen LogP contribution in [0.1, 0.15) is 37.6 Å². The summed E-state index contributed by atoms with van der Waals surface area (Å²) in [6.07, 6.45) is 0.219. The van der Waals surface area contributed by atoms with Gasteiger partial charge in [-0.2, -0.15) is 0 Å². The van der Waals surface area contributed by atoms with Crippen LogP contribution in [0.2, 0.25) is 0 Å². The molecule has 1 rings (SSSR count). The van der Waals surface area contributed by atoms with Gasteiger partial charge in [-0.05, 0) is 32.9 Å². The monoisotopic (exact) mass is 282 g/mol. The summed E-state index contributed by atoms with van der Waals surface area (Å²) in [7, 11) is 0. The third-order valence-corrected chi connectivity index (χ3v) is 2.44. The van der Waals surface area contributed by atoms with Gasteiger partial charge >= 0.3 is 0 Å². The van der Waals surface area contributed by atoms with Gasteiger partial charge in [-0.1, -0.05) is 12.1 Å². The molecule has 0 aliphatic carbocycles. The van der Waals surface area contributed by atoms with Crippen molar-refractivity contribution >= 4 is 29.1 Å². The fourth-order valence-corrected chi connectivity index (χ4v) is 1.67. The molecule has 0 aromatic heterocycles. The number of anilines is 1. The van der Waals surface area contributed by atoms with Gasteiger partial charge in [-0.25, -0.2) is 0 Å². The molecule has 1 aromatic carbocycles. The molecule has 0 heterocycles. The number of carbonyl (C=O) groups excluding carboxylic acids is 2. The number of nitrogens with one attached hydrogen (secondary N) is 2. The van der Waals surface area contributed by atoms with Gasteiger partial charge in [0.15, 0.2) is 0 Å². The van der Waals surface area contributed by atoms with Crippen molar-refractivity contribution in [3.05, 3.63) is 29.8 Å². The van der Waals surface area contributed by atoms with E-state index in [1.807, 2.05) is 20.8 Å². The lowest BCUT2D eigenvalue weighted by molar-refractivity contribution is -0.115. The fraction of sp³-hybridized carbons (Fsp3) is 0.429. The van der Waals surface area contributed by atoms with E-state index in [0.717, 1.165) is 0 Å². The van der Waals surface area contributed by atoms with Crippen LogP contribution in [0.5, 0.6) is 0 Å². The lowest BCUT2D eigenvalue weighted by atomic mass is 10.1. The van der Waals surface area contributed by atoms with Crippen molar-refractivity contribution in [1.82, 2.24) is 5.32 Å². The van der Waals surface area contributed by atoms with Gasteiger partial charge in [-0.3, -0.25) is 9.59 Å². The van der Waals surface area contributed by atoms with E-state index in [0.29, 0.717) is 11.3 Å². The number of benzene rings is 1. The first-order valence-corrected chi connectivity index (χ1v) is 6.64. The maximum absolute atomic E-state index is 12.1. The molecule has 0 radical (unpaired) electrons. The van der Waals surface area contributed by atoms with E-state index in [-0.39, 0.29) is 29.7 Å². The zero-order valence-electron chi connectivity index (χ0n) is 11.4. The molecule has 2 amide bonds. The van der Waals surface area contributed by atoms with Crippen LogP contribution in [0.4, 0.5) is 5.69 Å². The van der Waals surface area contributed by atoms with Crippen LogP contribution in [0.15, 0.2) is 24.3 Å². The van der Waals surface area contributed by atoms with Gasteiger partial charge in [0.1, 0.15) is 0 Å². The lowest BCUT2D eigenvalue weighted by Gasteiger charge is -2.21. The summed E-state index contributed by atoms with van der Waals surface area (Å²) in [6, 6.07) is 6.90. The quantitative estimate of drug-likeness (QED) is 0.834. The molecule has 0 bridgehead atoms. The molecule has 5 heteroatoms. The van der Waals surface area contributed by atoms with Gasteiger partial charge in [0.25, 0.3) is 5.91 Å². The number of para-hydroxylation sites is 1. The summed E-state index contributed by atoms with van der Waals surface area (Å²) < 4.78 is 0. The Morgan fingerprint density at radius 3 is 2.42 bits per heavy atom. The molecule has 104 valence electrons. The third-order valence-electron chi connectivity index (χ3n) is 2.26. The maximum Gasteiger partial charge on any atom is 0.253 e. The number of amides is 2. The predicted molar refractivity (Wildman–Crippen MR) is 77.6 cm³/mol. The highest BCUT2D eigenvalue weighted by Gasteiger charge is 2.18. The van der Waals surface area contributed by atoms with Crippen molar-refractivity contribution in [3.63, 3.8) is 0 Å². The average molecular weight is 283 g/mol. The van der Waals surface area contributed by atoms with E-state index in [1.54, 1.807) is 24.3 Å². The van der Waals surface area contributed by atoms with E-state index in [1.165, 1.54) is 0 Å². The zero-order valence-corrected chi connectivity index (χ0v) is 12.2. The number of carbonyl (C=O) groups is 2. The highest BCUT2D eigenvalue weighted by molar-refractivity contribution is 6.19. The molecule has 0 spiro atoms. The number of hydrogen-bond donors (Lipinski definition) is 2. The normalized spacial score (nSPS) is 10.9. The minimum Gasteiger partial charge on any atom is -0.347 e. The van der Waals surface area contributed by atoms with Crippen LogP contribution in [0, 0.1) is 0 Å². The molecule has 2 N–H and O–H groups in total. The molecule has 19 heavy (non-hydrogen) atoms. The van der Waals surface area contributed by atoms with Crippen LogP contribution in [0.25, 0.3) is 0 Å². The predicted octanol–water partition coefficient (Wildman–Crippen LogP) is 2.78. The number of alkyl halides is 1. The van der Waals surface area contributed by atoms with Gasteiger partial charge in [0.2, 0.25) is 5.91 Å². The first-order chi connectivity index (χ1) is 8.83. The topological polar surface area (TPSA) is 58.2 Å². The van der Waals surface area contributed by atoms with Gasteiger partial charge in [0, 0.05) is 17.8 Å². The van der Waals surface area contributed by atoms with Crippen molar-refractivity contribution in [2.45, 2.75) is 32.7 Å². The summed E-state index contributed by atoms with van der Waals surface area (Å²) in [5, 5.41) is 5.56. The molecular weight excluding hydrogens is 264 g/mol. The second-order valence-electron chi connectivity index (χ2n) is 5.24. The summed E-state index contributed by atoms with van der Waals surface area (Å²) in [5.41, 5.74) is 0.615. The van der Waals surface area contributed by atoms with E-state index in [4.69, 9.17) is 11.6 Å². The summed E-state index contributed by atoms with van der Waals surface area (Å²) in [5.74, 6) is -0.164. The minimum atomic E-state index is -0.329. The standard InChI is InChI=1S/C14H19ClN2O2/c1-14(2,3)17-13(19)10-6-4-5-7-11(10)16-12(18)8-9-15/h4-7H,8-9H2,1-3H3,(H,16,18)(H,17,19). The van der Waals surface area contributed by atoms with Crippen molar-refractivity contribution < 1.29 is 9.59 Å². The van der Waals surface area contributed by atoms with E-state index < -0.39 is 0 Å². The maximum atomic E-state index is 12.1. The minimum absolute atomic E-state index is 0.203. The molecular formula is C14H19ClN2O2. The smallest absolute Gasteiger partial charge is 0.253 e. The second-order valence-corrected chi connectivity index (χ2v) is 5.61. The van der Waals surface area contributed by atoms with Crippen LogP contribution in [-0.2, 0) is 4.79 Å². The van der Waals surface area contributed by atoms with Crippen molar-refractivity contribution in [2.24, 2.45) is 0 Å². The fourth-order valence-electron chi connectivity index (χ4n) is 1.50. The lowest BCUT2D eigenvalue weighted by Crippen LogP contribution is -2.40. The average Bonchev–Trinajstić information content (AvgIpc) is 2.27. The Hall–Kier alpha value is -1.55. The Bertz CT molecular complexity index is 467. The molecule has 0 saturated carbocycles. The third kappa shape index (κ3) is 5.30. The Labute approximate surface area is 118 Å². The van der Waals surface area contributed by atoms with E-state index >= 15 is 0 Å². The summed E-state index contributed by atoms with van der Waals surface area (Å²) in [6.45, 7) is 5.71. The van der Waals surface area contributed by atoms with E-state index in [2.05, 4.69) is 10.6 Å². The Morgan fingerprint density at radius 2 is 1.84 bits per heavy atom. The van der Waals surface area contributed by atoms with Crippen molar-refractivity contribution in [3.8, 4) is 0 Å². The highest BCUT2D eigenvalue weighted by Crippen LogP contribution is 2.16. The van der Waals surface area contributed by atoms with Crippen LogP contribution in [-0.4, -0.2) is 23.2 Å². The van der Waals surface area contributed by atoms with Crippen LogP contribution < -0.4 is 10.6 Å². The summed E-state index contributed by atoms with van der Waals surface area (Å²) in [4.78, 5) is 23.7. The van der Waals surface area contributed by atoms with Gasteiger partial charge in [0.05, 0.1) is 11.3 Å². The number of halogens is 1. The molecule has 0 atom stereocenters. The molecule has 0 unspecified atom stereocenters. The molecule has 0 saturated heterocycles. The number of hydrogen-bond acceptors (Lipinski definition) is 2. The SMILES string of the molecule is CC(C)(C)NC(=O)c1ccccc1NC(=O)CCCl. The molecule has 0 aliphatic rings. The van der Waals surface area contributed by atoms with Crippen molar-refractivity contribution in [2.75, 3.05) is 11.2 Å². The Morgan fingerprint density at radius 1 is 1.21 bits per heavy atom. The van der Waals surface area contributed by atoms with Crippen molar-refractivity contribution in [1.29, 1.82) is 0 Å². The van der Waals surface area contributed by atoms with Crippen LogP contribution >= 0.6 is 11.6 Å². The molecule has 0 aliphatic heterocycles.